The summed E-state index contributed by atoms with van der Waals surface area (Å²) in [6, 6.07) is 15.8. The highest BCUT2D eigenvalue weighted by Crippen LogP contribution is 2.29. The van der Waals surface area contributed by atoms with Crippen molar-refractivity contribution in [3.8, 4) is 11.5 Å². The first-order chi connectivity index (χ1) is 13.3. The summed E-state index contributed by atoms with van der Waals surface area (Å²) < 4.78 is 16.7. The third-order valence-electron chi connectivity index (χ3n) is 4.01. The van der Waals surface area contributed by atoms with E-state index in [1.54, 1.807) is 13.4 Å². The molecule has 3 aromatic rings. The van der Waals surface area contributed by atoms with Crippen molar-refractivity contribution in [1.82, 2.24) is 4.98 Å². The average Bonchev–Trinajstić information content (AvgIpc) is 3.18. The van der Waals surface area contributed by atoms with Crippen LogP contribution in [0.1, 0.15) is 29.1 Å². The number of nitrogens with zero attached hydrogens (tertiary/aromatic N) is 1. The monoisotopic (exact) mass is 365 g/mol. The molecule has 0 aliphatic carbocycles. The molecule has 1 N–H and O–H groups in total. The minimum atomic E-state index is 0.174. The molecule has 140 valence electrons. The van der Waals surface area contributed by atoms with Crippen LogP contribution in [0.4, 0.5) is 0 Å². The van der Waals surface area contributed by atoms with Gasteiger partial charge in [0.2, 0.25) is 5.89 Å². The predicted octanol–water partition coefficient (Wildman–Crippen LogP) is 4.36. The number of benzene rings is 2. The van der Waals surface area contributed by atoms with E-state index in [1.807, 2.05) is 60.7 Å². The van der Waals surface area contributed by atoms with Gasteiger partial charge >= 0.3 is 0 Å². The molecule has 0 amide bonds. The fourth-order valence-corrected chi connectivity index (χ4v) is 2.62. The lowest BCUT2D eigenvalue weighted by Gasteiger charge is -2.11. The summed E-state index contributed by atoms with van der Waals surface area (Å²) in [6.07, 6.45) is 6.89. The van der Waals surface area contributed by atoms with Crippen molar-refractivity contribution in [1.29, 1.82) is 0 Å². The van der Waals surface area contributed by atoms with E-state index in [0.29, 0.717) is 23.1 Å². The topological polar surface area (TPSA) is 64.7 Å². The summed E-state index contributed by atoms with van der Waals surface area (Å²) in [4.78, 5) is 4.41. The molecule has 0 saturated carbocycles. The van der Waals surface area contributed by atoms with Gasteiger partial charge in [-0.25, -0.2) is 4.98 Å². The van der Waals surface area contributed by atoms with Crippen LogP contribution in [-0.4, -0.2) is 23.8 Å². The Balaban J connectivity index is 1.60. The molecular weight excluding hydrogens is 342 g/mol. The number of ether oxygens (including phenoxy) is 2. The molecule has 0 radical (unpaired) electrons. The summed E-state index contributed by atoms with van der Waals surface area (Å²) in [5.41, 5.74) is 2.89. The molecule has 0 aliphatic heterocycles. The van der Waals surface area contributed by atoms with Gasteiger partial charge < -0.3 is 19.0 Å². The van der Waals surface area contributed by atoms with Crippen LogP contribution in [0.15, 0.2) is 59.2 Å². The van der Waals surface area contributed by atoms with E-state index >= 15 is 0 Å². The lowest BCUT2D eigenvalue weighted by Crippen LogP contribution is -1.99. The van der Waals surface area contributed by atoms with Gasteiger partial charge in [-0.05, 0) is 42.2 Å². The summed E-state index contributed by atoms with van der Waals surface area (Å²) in [6.45, 7) is 0.461. The summed E-state index contributed by atoms with van der Waals surface area (Å²) in [5.74, 6) is 1.84. The minimum Gasteiger partial charge on any atom is -0.493 e. The highest BCUT2D eigenvalue weighted by Gasteiger charge is 2.08. The molecule has 2 aromatic carbocycles. The average molecular weight is 365 g/mol. The van der Waals surface area contributed by atoms with Crippen LogP contribution in [-0.2, 0) is 13.0 Å². The Morgan fingerprint density at radius 2 is 1.93 bits per heavy atom. The summed E-state index contributed by atoms with van der Waals surface area (Å²) in [7, 11) is 1.61. The second-order valence-corrected chi connectivity index (χ2v) is 6.02. The van der Waals surface area contributed by atoms with E-state index in [-0.39, 0.29) is 13.2 Å². The normalized spacial score (nSPS) is 11.0. The minimum absolute atomic E-state index is 0.174. The van der Waals surface area contributed by atoms with Crippen molar-refractivity contribution in [2.75, 3.05) is 13.7 Å². The maximum Gasteiger partial charge on any atom is 0.218 e. The van der Waals surface area contributed by atoms with Crippen molar-refractivity contribution in [3.05, 3.63) is 77.5 Å². The number of aliphatic hydroxyl groups excluding tert-OH is 1. The largest absolute Gasteiger partial charge is 0.493 e. The Kier molecular flexibility index (Phi) is 6.66. The van der Waals surface area contributed by atoms with Gasteiger partial charge in [0.05, 0.1) is 7.11 Å². The van der Waals surface area contributed by atoms with Crippen molar-refractivity contribution in [2.24, 2.45) is 0 Å². The molecule has 0 fully saturated rings. The molecule has 5 heteroatoms. The van der Waals surface area contributed by atoms with Crippen molar-refractivity contribution >= 4 is 12.2 Å². The van der Waals surface area contributed by atoms with E-state index in [0.717, 1.165) is 24.0 Å². The Hall–Kier alpha value is -3.05. The zero-order valence-corrected chi connectivity index (χ0v) is 15.3. The molecule has 0 saturated heterocycles. The van der Waals surface area contributed by atoms with Crippen LogP contribution < -0.4 is 9.47 Å². The number of aryl methyl sites for hydroxylation is 1. The highest BCUT2D eigenvalue weighted by atomic mass is 16.5. The third kappa shape index (κ3) is 5.46. The van der Waals surface area contributed by atoms with Crippen LogP contribution >= 0.6 is 0 Å². The van der Waals surface area contributed by atoms with E-state index in [2.05, 4.69) is 4.98 Å². The molecule has 27 heavy (non-hydrogen) atoms. The van der Waals surface area contributed by atoms with E-state index in [4.69, 9.17) is 19.0 Å². The van der Waals surface area contributed by atoms with E-state index < -0.39 is 0 Å². The Bertz CT molecular complexity index is 871. The number of hydrogen-bond acceptors (Lipinski definition) is 5. The van der Waals surface area contributed by atoms with Gasteiger partial charge in [0.15, 0.2) is 11.5 Å². The van der Waals surface area contributed by atoms with Crippen LogP contribution in [0.3, 0.4) is 0 Å². The quantitative estimate of drug-likeness (QED) is 0.610. The first-order valence-corrected chi connectivity index (χ1v) is 8.86. The van der Waals surface area contributed by atoms with Crippen LogP contribution in [0, 0.1) is 0 Å². The first kappa shape index (κ1) is 18.7. The molecule has 0 unspecified atom stereocenters. The van der Waals surface area contributed by atoms with Crippen LogP contribution in [0.5, 0.6) is 11.5 Å². The van der Waals surface area contributed by atoms with Gasteiger partial charge in [-0.2, -0.15) is 0 Å². The standard InChI is InChI=1S/C22H23NO4/c1-25-21-14-18(8-5-13-24)9-11-20(21)26-15-19-16-27-22(23-19)12-10-17-6-3-2-4-7-17/h2-4,6-7,9-12,14,16,24H,5,8,13,15H2,1H3. The van der Waals surface area contributed by atoms with Gasteiger partial charge in [0.25, 0.3) is 0 Å². The van der Waals surface area contributed by atoms with Gasteiger partial charge in [-0.15, -0.1) is 0 Å². The lowest BCUT2D eigenvalue weighted by atomic mass is 10.1. The van der Waals surface area contributed by atoms with Crippen LogP contribution in [0.2, 0.25) is 0 Å². The van der Waals surface area contributed by atoms with Crippen molar-refractivity contribution in [2.45, 2.75) is 19.4 Å². The fraction of sp³-hybridized carbons (Fsp3) is 0.227. The maximum absolute atomic E-state index is 8.95. The molecule has 1 heterocycles. The smallest absolute Gasteiger partial charge is 0.218 e. The molecule has 0 aliphatic rings. The first-order valence-electron chi connectivity index (χ1n) is 8.86. The number of methoxy groups -OCH3 is 1. The van der Waals surface area contributed by atoms with Gasteiger partial charge in [-0.1, -0.05) is 36.4 Å². The van der Waals surface area contributed by atoms with Crippen molar-refractivity contribution < 1.29 is 19.0 Å². The molecular formula is C22H23NO4. The lowest BCUT2D eigenvalue weighted by molar-refractivity contribution is 0.279. The molecule has 0 atom stereocenters. The maximum atomic E-state index is 8.95. The molecule has 5 nitrogen and oxygen atoms in total. The zero-order valence-electron chi connectivity index (χ0n) is 15.3. The number of rotatable bonds is 9. The Morgan fingerprint density at radius 3 is 2.70 bits per heavy atom. The summed E-state index contributed by atoms with van der Waals surface area (Å²) >= 11 is 0. The van der Waals surface area contributed by atoms with E-state index in [9.17, 15) is 0 Å². The van der Waals surface area contributed by atoms with Gasteiger partial charge in [-0.3, -0.25) is 0 Å². The fourth-order valence-electron chi connectivity index (χ4n) is 2.62. The number of aromatic nitrogens is 1. The number of hydrogen-bond donors (Lipinski definition) is 1. The van der Waals surface area contributed by atoms with Gasteiger partial charge in [0, 0.05) is 12.7 Å². The second-order valence-electron chi connectivity index (χ2n) is 6.02. The Labute approximate surface area is 158 Å². The number of aliphatic hydroxyl groups is 1. The summed E-state index contributed by atoms with van der Waals surface area (Å²) in [5, 5.41) is 8.95. The predicted molar refractivity (Wildman–Crippen MR) is 105 cm³/mol. The second kappa shape index (κ2) is 9.59. The Morgan fingerprint density at radius 1 is 1.07 bits per heavy atom. The number of oxazole rings is 1. The molecule has 0 bridgehead atoms. The van der Waals surface area contributed by atoms with Gasteiger partial charge in [0.1, 0.15) is 18.6 Å². The highest BCUT2D eigenvalue weighted by molar-refractivity contribution is 5.65. The molecule has 1 aromatic heterocycles. The van der Waals surface area contributed by atoms with Crippen LogP contribution in [0.25, 0.3) is 12.2 Å². The SMILES string of the molecule is COc1cc(CCCO)ccc1OCc1coc(C=Cc2ccccc2)n1. The van der Waals surface area contributed by atoms with Crippen molar-refractivity contribution in [3.63, 3.8) is 0 Å². The van der Waals surface area contributed by atoms with E-state index in [1.165, 1.54) is 0 Å². The zero-order chi connectivity index (χ0) is 18.9. The third-order valence-corrected chi connectivity index (χ3v) is 4.01. The molecule has 0 spiro atoms. The molecule has 3 rings (SSSR count).